The van der Waals surface area contributed by atoms with Crippen LogP contribution in [0.2, 0.25) is 0 Å². The fourth-order valence-electron chi connectivity index (χ4n) is 10.6. The highest BCUT2D eigenvalue weighted by Crippen LogP contribution is 2.81. The van der Waals surface area contributed by atoms with Gasteiger partial charge in [-0.05, 0) is 69.3 Å². The van der Waals surface area contributed by atoms with E-state index in [9.17, 15) is 9.90 Å². The molecule has 0 aromatic heterocycles. The number of carbonyl (C=O) groups excluding carboxylic acids is 1. The molecule has 8 rings (SSSR count). The van der Waals surface area contributed by atoms with Crippen LogP contribution in [-0.4, -0.2) is 54.2 Å². The van der Waals surface area contributed by atoms with Gasteiger partial charge < -0.3 is 28.8 Å². The molecule has 1 N–H and O–H groups in total. The molecule has 0 unspecified atom stereocenters. The van der Waals surface area contributed by atoms with Crippen molar-refractivity contribution in [1.82, 2.24) is 0 Å². The van der Waals surface area contributed by atoms with Gasteiger partial charge in [-0.25, -0.2) is 0 Å². The molecule has 0 amide bonds. The highest BCUT2D eigenvalue weighted by molar-refractivity contribution is 5.96. The number of allylic oxidation sites excluding steroid dienone is 1. The van der Waals surface area contributed by atoms with Crippen LogP contribution in [0.3, 0.4) is 0 Å². The van der Waals surface area contributed by atoms with Gasteiger partial charge in [0.25, 0.3) is 0 Å². The quantitative estimate of drug-likeness (QED) is 0.602. The van der Waals surface area contributed by atoms with Gasteiger partial charge in [0.15, 0.2) is 17.9 Å². The molecular formula is C29H42O7. The lowest BCUT2D eigenvalue weighted by molar-refractivity contribution is -0.527. The Morgan fingerprint density at radius 1 is 1.08 bits per heavy atom. The minimum absolute atomic E-state index is 0.0554. The summed E-state index contributed by atoms with van der Waals surface area (Å²) in [6.07, 6.45) is 2.70. The lowest BCUT2D eigenvalue weighted by Crippen LogP contribution is -2.87. The highest BCUT2D eigenvalue weighted by Gasteiger charge is 2.91. The minimum Gasteiger partial charge on any atom is -0.469 e. The summed E-state index contributed by atoms with van der Waals surface area (Å²) in [5.74, 6) is -1.55. The Morgan fingerprint density at radius 3 is 2.56 bits per heavy atom. The van der Waals surface area contributed by atoms with Crippen molar-refractivity contribution >= 4 is 5.78 Å². The van der Waals surface area contributed by atoms with E-state index in [4.69, 9.17) is 23.7 Å². The summed E-state index contributed by atoms with van der Waals surface area (Å²) in [6, 6.07) is 0. The summed E-state index contributed by atoms with van der Waals surface area (Å²) in [5.41, 5.74) is -1.20. The molecule has 4 bridgehead atoms. The zero-order chi connectivity index (χ0) is 25.7. The molecular weight excluding hydrogens is 460 g/mol. The number of ether oxygens (including phenoxy) is 5. The summed E-state index contributed by atoms with van der Waals surface area (Å²) >= 11 is 0. The van der Waals surface area contributed by atoms with Crippen molar-refractivity contribution in [1.29, 1.82) is 0 Å². The third-order valence-corrected chi connectivity index (χ3v) is 11.3. The zero-order valence-electron chi connectivity index (χ0n) is 22.8. The number of carbonyl (C=O) groups is 1. The van der Waals surface area contributed by atoms with Crippen LogP contribution in [0.25, 0.3) is 0 Å². The third kappa shape index (κ3) is 2.35. The number of hydrogen-bond acceptors (Lipinski definition) is 7. The van der Waals surface area contributed by atoms with Gasteiger partial charge in [-0.3, -0.25) is 4.79 Å². The second-order valence-corrected chi connectivity index (χ2v) is 14.3. The predicted molar refractivity (Wildman–Crippen MR) is 129 cm³/mol. The molecule has 6 fully saturated rings. The van der Waals surface area contributed by atoms with Gasteiger partial charge in [-0.1, -0.05) is 27.7 Å². The second-order valence-electron chi connectivity index (χ2n) is 14.3. The van der Waals surface area contributed by atoms with Gasteiger partial charge in [-0.15, -0.1) is 0 Å². The summed E-state index contributed by atoms with van der Waals surface area (Å²) in [6.45, 7) is 15.4. The maximum Gasteiger partial charge on any atom is 0.213 e. The number of hydrogen-bond donors (Lipinski definition) is 1. The van der Waals surface area contributed by atoms with E-state index in [0.717, 1.165) is 37.9 Å². The molecule has 4 aliphatic carbocycles. The van der Waals surface area contributed by atoms with Gasteiger partial charge in [-0.2, -0.15) is 0 Å². The van der Waals surface area contributed by atoms with Crippen molar-refractivity contribution in [3.63, 3.8) is 0 Å². The van der Waals surface area contributed by atoms with Crippen LogP contribution in [-0.2, 0) is 28.5 Å². The van der Waals surface area contributed by atoms with E-state index >= 15 is 0 Å². The number of aliphatic hydroxyl groups is 1. The molecule has 3 saturated carbocycles. The van der Waals surface area contributed by atoms with E-state index in [0.29, 0.717) is 13.2 Å². The van der Waals surface area contributed by atoms with E-state index in [1.807, 2.05) is 20.8 Å². The first kappa shape index (κ1) is 24.1. The lowest BCUT2D eigenvalue weighted by Gasteiger charge is -2.77. The zero-order valence-corrected chi connectivity index (χ0v) is 22.8. The third-order valence-electron chi connectivity index (χ3n) is 11.3. The van der Waals surface area contributed by atoms with Gasteiger partial charge in [0, 0.05) is 24.4 Å². The maximum absolute atomic E-state index is 14.7. The van der Waals surface area contributed by atoms with Crippen LogP contribution in [0.1, 0.15) is 80.6 Å². The van der Waals surface area contributed by atoms with Crippen LogP contribution in [0.5, 0.6) is 0 Å². The minimum atomic E-state index is -1.43. The Kier molecular flexibility index (Phi) is 4.53. The number of fused-ring (bicyclic) bond motifs is 1. The topological polar surface area (TPSA) is 83.5 Å². The SMILES string of the molecule is CCO[C@H]1CCC2=C(O1)[C@@]13CO[C@]4(OC(C)(C)O[C@@H]5[C@H]6CC[C@@H]1[C@]54C(=O)C6(C)C)[C@@H](O)[C@@H]3C(C)(C)C2. The van der Waals surface area contributed by atoms with Crippen LogP contribution in [0.15, 0.2) is 11.3 Å². The molecule has 7 nitrogen and oxygen atoms in total. The van der Waals surface area contributed by atoms with Crippen molar-refractivity contribution in [2.24, 2.45) is 39.4 Å². The second kappa shape index (κ2) is 6.77. The molecule has 9 atom stereocenters. The van der Waals surface area contributed by atoms with E-state index in [1.165, 1.54) is 5.57 Å². The Morgan fingerprint density at radius 2 is 1.83 bits per heavy atom. The van der Waals surface area contributed by atoms with Crippen LogP contribution < -0.4 is 0 Å². The van der Waals surface area contributed by atoms with E-state index in [-0.39, 0.29) is 41.3 Å². The summed E-state index contributed by atoms with van der Waals surface area (Å²) < 4.78 is 32.9. The highest BCUT2D eigenvalue weighted by atomic mass is 16.8. The van der Waals surface area contributed by atoms with E-state index < -0.39 is 33.9 Å². The van der Waals surface area contributed by atoms with E-state index in [1.54, 1.807) is 0 Å². The van der Waals surface area contributed by atoms with Crippen LogP contribution in [0.4, 0.5) is 0 Å². The molecule has 7 heteroatoms. The fraction of sp³-hybridized carbons (Fsp3) is 0.897. The first-order valence-corrected chi connectivity index (χ1v) is 14.1. The lowest BCUT2D eigenvalue weighted by atomic mass is 9.36. The normalized spacial score (nSPS) is 52.8. The van der Waals surface area contributed by atoms with Crippen molar-refractivity contribution in [3.8, 4) is 0 Å². The summed E-state index contributed by atoms with van der Waals surface area (Å²) in [5, 5.41) is 12.5. The van der Waals surface area contributed by atoms with Crippen molar-refractivity contribution < 1.29 is 33.6 Å². The molecule has 3 spiro atoms. The molecule has 0 aromatic carbocycles. The molecule has 0 aromatic rings. The van der Waals surface area contributed by atoms with Gasteiger partial charge in [0.2, 0.25) is 5.79 Å². The number of Topliss-reactive ketones (excluding diaryl/α,β-unsaturated/α-hetero) is 1. The van der Waals surface area contributed by atoms with Gasteiger partial charge in [0.05, 0.1) is 18.1 Å². The van der Waals surface area contributed by atoms with Crippen LogP contribution >= 0.6 is 0 Å². The number of aliphatic hydroxyl groups excluding tert-OH is 1. The Hall–Kier alpha value is -0.990. The Bertz CT molecular complexity index is 1060. The van der Waals surface area contributed by atoms with Gasteiger partial charge >= 0.3 is 0 Å². The molecule has 36 heavy (non-hydrogen) atoms. The molecule has 3 saturated heterocycles. The molecule has 0 radical (unpaired) electrons. The Balaban J connectivity index is 1.51. The molecule has 4 aliphatic heterocycles. The Labute approximate surface area is 214 Å². The van der Waals surface area contributed by atoms with Crippen molar-refractivity contribution in [2.45, 2.75) is 111 Å². The monoisotopic (exact) mass is 502 g/mol. The van der Waals surface area contributed by atoms with Gasteiger partial charge in [0.1, 0.15) is 17.3 Å². The standard InChI is InChI=1S/C29H42O7/c1-8-32-18-12-9-15-13-24(2,3)19-20(30)29-28-17(27(19,14-33-29)21(15)34-18)11-10-16(25(4,5)23(28)31)22(28)35-26(6,7)36-29/h16-20,22,30H,8-14H2,1-7H3/t16-,17+,18-,19-,20+,22-,27+,28-,29+/m1/s1. The van der Waals surface area contributed by atoms with Crippen molar-refractivity contribution in [2.75, 3.05) is 13.2 Å². The fourth-order valence-corrected chi connectivity index (χ4v) is 10.6. The van der Waals surface area contributed by atoms with E-state index in [2.05, 4.69) is 27.7 Å². The number of ketones is 1. The first-order chi connectivity index (χ1) is 16.8. The predicted octanol–water partition coefficient (Wildman–Crippen LogP) is 4.32. The first-order valence-electron chi connectivity index (χ1n) is 14.1. The summed E-state index contributed by atoms with van der Waals surface area (Å²) in [4.78, 5) is 14.7. The van der Waals surface area contributed by atoms with Crippen LogP contribution in [0, 0.1) is 39.4 Å². The average Bonchev–Trinajstić information content (AvgIpc) is 2.87. The number of rotatable bonds is 2. The molecule has 8 aliphatic rings. The largest absolute Gasteiger partial charge is 0.469 e. The summed E-state index contributed by atoms with van der Waals surface area (Å²) in [7, 11) is 0. The average molecular weight is 503 g/mol. The smallest absolute Gasteiger partial charge is 0.213 e. The molecule has 200 valence electrons. The molecule has 4 heterocycles. The van der Waals surface area contributed by atoms with Crippen molar-refractivity contribution in [3.05, 3.63) is 11.3 Å². The maximum atomic E-state index is 14.7.